The highest BCUT2D eigenvalue weighted by Crippen LogP contribution is 2.43. The van der Waals surface area contributed by atoms with Crippen LogP contribution in [0.25, 0.3) is 22.0 Å². The number of benzene rings is 1. The first kappa shape index (κ1) is 29.6. The third-order valence-corrected chi connectivity index (χ3v) is 6.88. The summed E-state index contributed by atoms with van der Waals surface area (Å²) < 4.78 is 48.4. The number of aryl methyl sites for hydroxylation is 1. The quantitative estimate of drug-likeness (QED) is 0.221. The topological polar surface area (TPSA) is 134 Å². The Kier molecular flexibility index (Phi) is 8.38. The molecule has 3 N–H and O–H groups in total. The van der Waals surface area contributed by atoms with E-state index in [1.54, 1.807) is 23.1 Å². The molecule has 41 heavy (non-hydrogen) atoms. The van der Waals surface area contributed by atoms with Crippen LogP contribution < -0.4 is 15.8 Å². The van der Waals surface area contributed by atoms with E-state index in [1.165, 1.54) is 19.4 Å². The Morgan fingerprint density at radius 2 is 1.93 bits per heavy atom. The van der Waals surface area contributed by atoms with Crippen LogP contribution in [-0.4, -0.2) is 58.1 Å². The summed E-state index contributed by atoms with van der Waals surface area (Å²) in [6, 6.07) is 4.58. The molecule has 3 aromatic heterocycles. The number of nitrogens with one attached hydrogen (secondary N) is 1. The maximum Gasteiger partial charge on any atom is 0.490 e. The molecule has 0 radical (unpaired) electrons. The summed E-state index contributed by atoms with van der Waals surface area (Å²) in [6.45, 7) is 4.67. The minimum absolute atomic E-state index is 0.00622. The van der Waals surface area contributed by atoms with Gasteiger partial charge < -0.3 is 20.5 Å². The predicted octanol–water partition coefficient (Wildman–Crippen LogP) is 4.80. The molecule has 0 saturated carbocycles. The highest BCUT2D eigenvalue weighted by Gasteiger charge is 2.40. The van der Waals surface area contributed by atoms with Gasteiger partial charge in [-0.15, -0.1) is 0 Å². The molecule has 0 fully saturated rings. The van der Waals surface area contributed by atoms with E-state index in [0.29, 0.717) is 27.6 Å². The Hall–Kier alpha value is -4.39. The zero-order valence-electron chi connectivity index (χ0n) is 22.5. The number of carbonyl (C=O) groups is 2. The van der Waals surface area contributed by atoms with Gasteiger partial charge in [-0.25, -0.2) is 4.79 Å². The Labute approximate surface area is 237 Å². The minimum Gasteiger partial charge on any atom is -0.496 e. The number of alkyl halides is 3. The van der Waals surface area contributed by atoms with Crippen LogP contribution in [0, 0.1) is 13.8 Å². The maximum absolute atomic E-state index is 12.4. The van der Waals surface area contributed by atoms with E-state index in [9.17, 15) is 22.8 Å². The molecule has 0 aliphatic heterocycles. The number of halogens is 4. The molecule has 3 heterocycles. The lowest BCUT2D eigenvalue weighted by atomic mass is 9.94. The molecule has 10 nitrogen and oxygen atoms in total. The molecule has 1 atom stereocenters. The Balaban J connectivity index is 1.62. The average Bonchev–Trinajstić information content (AvgIpc) is 3.28. The van der Waals surface area contributed by atoms with Gasteiger partial charge in [-0.1, -0.05) is 17.7 Å². The molecule has 0 aliphatic rings. The molecule has 0 saturated heterocycles. The highest BCUT2D eigenvalue weighted by atomic mass is 35.5. The van der Waals surface area contributed by atoms with Crippen LogP contribution in [-0.2, 0) is 9.53 Å². The van der Waals surface area contributed by atoms with Gasteiger partial charge in [-0.05, 0) is 38.5 Å². The van der Waals surface area contributed by atoms with Gasteiger partial charge in [0.25, 0.3) is 5.91 Å². The van der Waals surface area contributed by atoms with E-state index in [-0.39, 0.29) is 18.3 Å². The summed E-state index contributed by atoms with van der Waals surface area (Å²) in [6.07, 6.45) is -0.367. The van der Waals surface area contributed by atoms with Gasteiger partial charge in [0.2, 0.25) is 0 Å². The number of carbonyl (C=O) groups excluding carboxylic acids is 2. The monoisotopic (exact) mass is 590 g/mol. The first-order valence-electron chi connectivity index (χ1n) is 12.3. The number of nitrogens with zero attached hydrogens (tertiary/aromatic N) is 4. The smallest absolute Gasteiger partial charge is 0.490 e. The average molecular weight is 591 g/mol. The number of fused-ring (bicyclic) bond motifs is 1. The third-order valence-electron chi connectivity index (χ3n) is 6.48. The summed E-state index contributed by atoms with van der Waals surface area (Å²) in [5, 5.41) is 8.34. The Bertz CT molecular complexity index is 1620. The van der Waals surface area contributed by atoms with E-state index >= 15 is 0 Å². The zero-order chi connectivity index (χ0) is 30.1. The van der Waals surface area contributed by atoms with Crippen LogP contribution in [0.5, 0.6) is 5.75 Å². The van der Waals surface area contributed by atoms with E-state index in [2.05, 4.69) is 20.0 Å². The first-order chi connectivity index (χ1) is 19.3. The van der Waals surface area contributed by atoms with E-state index < -0.39 is 24.7 Å². The molecular formula is C27H26ClF3N6O4. The number of pyridine rings is 2. The fraction of sp³-hybridized carbons (Fsp3) is 0.296. The number of methoxy groups -OCH3 is 1. The van der Waals surface area contributed by atoms with Crippen LogP contribution in [0.3, 0.4) is 0 Å². The normalized spacial score (nSPS) is 12.3. The summed E-state index contributed by atoms with van der Waals surface area (Å²) in [5.74, 6) is -2.45. The second-order valence-corrected chi connectivity index (χ2v) is 9.54. The molecule has 1 unspecified atom stereocenters. The summed E-state index contributed by atoms with van der Waals surface area (Å²) in [5.41, 5.74) is 10.9. The van der Waals surface area contributed by atoms with Crippen molar-refractivity contribution < 1.29 is 32.2 Å². The van der Waals surface area contributed by atoms with Crippen molar-refractivity contribution in [1.29, 1.82) is 0 Å². The summed E-state index contributed by atoms with van der Waals surface area (Å²) in [7, 11) is 1.54. The van der Waals surface area contributed by atoms with E-state index in [1.807, 2.05) is 26.8 Å². The Morgan fingerprint density at radius 3 is 2.56 bits per heavy atom. The minimum atomic E-state index is -5.10. The van der Waals surface area contributed by atoms with Gasteiger partial charge in [0.15, 0.2) is 0 Å². The molecule has 1 amide bonds. The number of hydrogen-bond donors (Lipinski definition) is 2. The number of nitrogen functional groups attached to an aromatic ring is 1. The lowest BCUT2D eigenvalue weighted by Crippen LogP contribution is -2.32. The standard InChI is InChI=1S/C27H26ClF3N6O4/c1-13-18(28)9-17(15(3)37-21-12-33-11-19(32)23(21)14(2)36-37)24(40-4)22(13)16-5-6-20(35-10-16)25(38)34-7-8-41-26(39)27(29,30)31/h5-6,9-12,15H,7-8,32H2,1-4H3,(H,34,38). The lowest BCUT2D eigenvalue weighted by Gasteiger charge is -2.22. The van der Waals surface area contributed by atoms with Crippen molar-refractivity contribution in [3.63, 3.8) is 0 Å². The van der Waals surface area contributed by atoms with Crippen molar-refractivity contribution in [1.82, 2.24) is 25.1 Å². The van der Waals surface area contributed by atoms with Crippen LogP contribution >= 0.6 is 11.6 Å². The zero-order valence-corrected chi connectivity index (χ0v) is 23.2. The molecule has 216 valence electrons. The van der Waals surface area contributed by atoms with Crippen LogP contribution in [0.1, 0.15) is 40.3 Å². The maximum atomic E-state index is 12.4. The molecule has 14 heteroatoms. The molecule has 0 aliphatic carbocycles. The summed E-state index contributed by atoms with van der Waals surface area (Å²) in [4.78, 5) is 31.6. The largest absolute Gasteiger partial charge is 0.496 e. The van der Waals surface area contributed by atoms with Gasteiger partial charge in [0, 0.05) is 33.3 Å². The number of ether oxygens (including phenoxy) is 2. The van der Waals surface area contributed by atoms with Gasteiger partial charge in [-0.3, -0.25) is 19.4 Å². The van der Waals surface area contributed by atoms with Crippen LogP contribution in [0.4, 0.5) is 18.9 Å². The van der Waals surface area contributed by atoms with Gasteiger partial charge in [0.05, 0.1) is 49.0 Å². The fourth-order valence-corrected chi connectivity index (χ4v) is 4.72. The second-order valence-electron chi connectivity index (χ2n) is 9.13. The van der Waals surface area contributed by atoms with E-state index in [4.69, 9.17) is 27.2 Å². The lowest BCUT2D eigenvalue weighted by molar-refractivity contribution is -0.199. The van der Waals surface area contributed by atoms with Gasteiger partial charge >= 0.3 is 12.1 Å². The number of hydrogen-bond acceptors (Lipinski definition) is 8. The molecule has 1 aromatic carbocycles. The predicted molar refractivity (Wildman–Crippen MR) is 146 cm³/mol. The van der Waals surface area contributed by atoms with Crippen LogP contribution in [0.15, 0.2) is 36.8 Å². The number of esters is 1. The number of nitrogens with two attached hydrogens (primary N) is 1. The number of anilines is 1. The molecule has 4 rings (SSSR count). The fourth-order valence-electron chi connectivity index (χ4n) is 4.50. The van der Waals surface area contributed by atoms with E-state index in [0.717, 1.165) is 27.7 Å². The molecule has 4 aromatic rings. The Morgan fingerprint density at radius 1 is 1.20 bits per heavy atom. The third kappa shape index (κ3) is 5.89. The van der Waals surface area contributed by atoms with Gasteiger partial charge in [0.1, 0.15) is 18.1 Å². The van der Waals surface area contributed by atoms with Crippen molar-refractivity contribution in [3.8, 4) is 16.9 Å². The number of amides is 1. The molecule has 0 spiro atoms. The summed E-state index contributed by atoms with van der Waals surface area (Å²) >= 11 is 6.67. The van der Waals surface area contributed by atoms with Crippen molar-refractivity contribution in [2.24, 2.45) is 0 Å². The van der Waals surface area contributed by atoms with Crippen molar-refractivity contribution in [2.75, 3.05) is 26.0 Å². The number of rotatable bonds is 8. The van der Waals surface area contributed by atoms with Gasteiger partial charge in [-0.2, -0.15) is 18.3 Å². The second kappa shape index (κ2) is 11.6. The van der Waals surface area contributed by atoms with Crippen molar-refractivity contribution >= 4 is 40.1 Å². The van der Waals surface area contributed by atoms with Crippen molar-refractivity contribution in [2.45, 2.75) is 33.0 Å². The number of aromatic nitrogens is 4. The SMILES string of the molecule is COc1c(C(C)n2nc(C)c3c(N)cncc32)cc(Cl)c(C)c1-c1ccc(C(=O)NCCOC(=O)C(F)(F)F)nc1. The van der Waals surface area contributed by atoms with Crippen LogP contribution in [0.2, 0.25) is 5.02 Å². The molecule has 0 bridgehead atoms. The highest BCUT2D eigenvalue weighted by molar-refractivity contribution is 6.32. The first-order valence-corrected chi connectivity index (χ1v) is 12.7. The molecular weight excluding hydrogens is 565 g/mol. The van der Waals surface area contributed by atoms with Crippen molar-refractivity contribution in [3.05, 3.63) is 64.3 Å².